The van der Waals surface area contributed by atoms with Crippen LogP contribution >= 0.6 is 0 Å². The molecular weight excluding hydrogens is 457 g/mol. The fourth-order valence-corrected chi connectivity index (χ4v) is 3.23. The van der Waals surface area contributed by atoms with E-state index in [-0.39, 0.29) is 23.1 Å². The molecule has 0 aliphatic carbocycles. The van der Waals surface area contributed by atoms with E-state index >= 15 is 0 Å². The molecule has 0 fully saturated rings. The van der Waals surface area contributed by atoms with Crippen LogP contribution in [0.3, 0.4) is 0 Å². The summed E-state index contributed by atoms with van der Waals surface area (Å²) in [5, 5.41) is 5.74. The Hall–Kier alpha value is -3.84. The average molecular weight is 479 g/mol. The summed E-state index contributed by atoms with van der Waals surface area (Å²) in [7, 11) is 5.91. The smallest absolute Gasteiger partial charge is 0.259 e. The van der Waals surface area contributed by atoms with Crippen molar-refractivity contribution in [2.45, 2.75) is 0 Å². The van der Waals surface area contributed by atoms with Gasteiger partial charge in [-0.2, -0.15) is 4.98 Å². The van der Waals surface area contributed by atoms with Crippen molar-refractivity contribution < 1.29 is 32.1 Å². The molecule has 0 aliphatic heterocycles. The highest BCUT2D eigenvalue weighted by atomic mass is 32.2. The highest BCUT2D eigenvalue weighted by Gasteiger charge is 2.16. The number of hydrogen-bond acceptors (Lipinski definition) is 9. The third-order valence-electron chi connectivity index (χ3n) is 4.34. The van der Waals surface area contributed by atoms with Gasteiger partial charge in [-0.1, -0.05) is 0 Å². The van der Waals surface area contributed by atoms with Gasteiger partial charge in [0, 0.05) is 23.9 Å². The summed E-state index contributed by atoms with van der Waals surface area (Å²) in [5.74, 6) is 0.803. The summed E-state index contributed by atoms with van der Waals surface area (Å²) in [4.78, 5) is 8.12. The lowest BCUT2D eigenvalue weighted by molar-refractivity contribution is 0.324. The first-order valence-electron chi connectivity index (χ1n) is 9.30. The highest BCUT2D eigenvalue weighted by Crippen LogP contribution is 2.40. The minimum Gasteiger partial charge on any atom is -0.497 e. The molecule has 1 unspecified atom stereocenters. The Morgan fingerprint density at radius 1 is 0.939 bits per heavy atom. The van der Waals surface area contributed by atoms with E-state index in [1.807, 2.05) is 0 Å². The molecule has 13 heteroatoms. The van der Waals surface area contributed by atoms with Crippen molar-refractivity contribution in [3.8, 4) is 23.0 Å². The fraction of sp³-hybridized carbons (Fsp3) is 0.200. The zero-order valence-electron chi connectivity index (χ0n) is 18.1. The molecule has 3 aromatic rings. The van der Waals surface area contributed by atoms with Crippen LogP contribution in [0, 0.1) is 5.82 Å². The van der Waals surface area contributed by atoms with E-state index in [9.17, 15) is 13.2 Å². The zero-order valence-corrected chi connectivity index (χ0v) is 18.9. The van der Waals surface area contributed by atoms with Crippen LogP contribution in [0.5, 0.6) is 23.0 Å². The van der Waals surface area contributed by atoms with E-state index in [0.717, 1.165) is 6.20 Å². The first-order chi connectivity index (χ1) is 15.9. The molecular formula is C20H22FN5O6S. The van der Waals surface area contributed by atoms with Crippen LogP contribution in [0.1, 0.15) is 0 Å². The van der Waals surface area contributed by atoms with Crippen molar-refractivity contribution in [2.24, 2.45) is 0 Å². The molecule has 33 heavy (non-hydrogen) atoms. The van der Waals surface area contributed by atoms with Crippen LogP contribution in [-0.2, 0) is 11.3 Å². The molecule has 0 amide bonds. The summed E-state index contributed by atoms with van der Waals surface area (Å²) < 4.78 is 58.3. The number of nitrogens with zero attached hydrogens (tertiary/aromatic N) is 2. The highest BCUT2D eigenvalue weighted by molar-refractivity contribution is 7.80. The third-order valence-corrected chi connectivity index (χ3v) is 4.74. The summed E-state index contributed by atoms with van der Waals surface area (Å²) in [6.07, 6.45) is 0.979. The summed E-state index contributed by atoms with van der Waals surface area (Å²) >= 11 is -2.34. The number of methoxy groups -OCH3 is 4. The van der Waals surface area contributed by atoms with E-state index in [2.05, 4.69) is 25.3 Å². The molecule has 3 rings (SSSR count). The van der Waals surface area contributed by atoms with Gasteiger partial charge >= 0.3 is 0 Å². The van der Waals surface area contributed by atoms with Crippen LogP contribution in [-0.4, -0.2) is 47.2 Å². The van der Waals surface area contributed by atoms with Gasteiger partial charge in [0.2, 0.25) is 11.7 Å². The number of nitrogens with one attached hydrogen (secondary N) is 3. The van der Waals surface area contributed by atoms with E-state index in [1.165, 1.54) is 40.6 Å². The maximum Gasteiger partial charge on any atom is 0.259 e. The predicted molar refractivity (Wildman–Crippen MR) is 122 cm³/mol. The summed E-state index contributed by atoms with van der Waals surface area (Å²) in [6.45, 7) is 0. The number of anilines is 5. The quantitative estimate of drug-likeness (QED) is 0.319. The SMILES string of the molecule is COc1ccc(NS(=O)O)c(Nc2nc(Nc3cc(OC)c(OC)c(OC)c3)ncc2F)c1. The maximum atomic E-state index is 14.5. The van der Waals surface area contributed by atoms with Gasteiger partial charge in [0.05, 0.1) is 46.0 Å². The van der Waals surface area contributed by atoms with E-state index < -0.39 is 17.1 Å². The van der Waals surface area contributed by atoms with Gasteiger partial charge in [-0.05, 0) is 12.1 Å². The number of ether oxygens (including phenoxy) is 4. The van der Waals surface area contributed by atoms with Crippen molar-refractivity contribution in [2.75, 3.05) is 43.8 Å². The second kappa shape index (κ2) is 10.7. The van der Waals surface area contributed by atoms with Crippen LogP contribution in [0.25, 0.3) is 0 Å². The third kappa shape index (κ3) is 5.70. The minimum absolute atomic E-state index is 0.0660. The van der Waals surface area contributed by atoms with Crippen molar-refractivity contribution in [1.29, 1.82) is 0 Å². The molecule has 0 saturated heterocycles. The topological polar surface area (TPSA) is 136 Å². The molecule has 176 valence electrons. The van der Waals surface area contributed by atoms with Crippen molar-refractivity contribution in [3.05, 3.63) is 42.3 Å². The summed E-state index contributed by atoms with van der Waals surface area (Å²) in [6, 6.07) is 7.88. The fourth-order valence-electron chi connectivity index (χ4n) is 2.86. The van der Waals surface area contributed by atoms with Gasteiger partial charge in [0.1, 0.15) is 5.75 Å². The predicted octanol–water partition coefficient (Wildman–Crippen LogP) is 3.69. The normalized spacial score (nSPS) is 11.3. The molecule has 2 aromatic carbocycles. The Labute approximate surface area is 191 Å². The Bertz CT molecular complexity index is 1140. The van der Waals surface area contributed by atoms with Gasteiger partial charge in [-0.25, -0.2) is 13.6 Å². The second-order valence-electron chi connectivity index (χ2n) is 6.32. The van der Waals surface area contributed by atoms with Crippen molar-refractivity contribution in [1.82, 2.24) is 9.97 Å². The van der Waals surface area contributed by atoms with Crippen LogP contribution < -0.4 is 34.3 Å². The van der Waals surface area contributed by atoms with Crippen LogP contribution in [0.4, 0.5) is 33.2 Å². The Kier molecular flexibility index (Phi) is 7.69. The first-order valence-corrected chi connectivity index (χ1v) is 10.4. The van der Waals surface area contributed by atoms with Gasteiger partial charge in [0.15, 0.2) is 23.1 Å². The van der Waals surface area contributed by atoms with Crippen LogP contribution in [0.15, 0.2) is 36.5 Å². The van der Waals surface area contributed by atoms with Gasteiger partial charge in [-0.15, -0.1) is 0 Å². The zero-order chi connectivity index (χ0) is 24.0. The molecule has 1 atom stereocenters. The monoisotopic (exact) mass is 479 g/mol. The number of benzene rings is 2. The van der Waals surface area contributed by atoms with E-state index in [1.54, 1.807) is 18.2 Å². The molecule has 0 aliphatic rings. The lowest BCUT2D eigenvalue weighted by atomic mass is 10.2. The molecule has 4 N–H and O–H groups in total. The van der Waals surface area contributed by atoms with E-state index in [0.29, 0.717) is 28.7 Å². The van der Waals surface area contributed by atoms with Gasteiger partial charge < -0.3 is 29.6 Å². The van der Waals surface area contributed by atoms with Gasteiger partial charge in [0.25, 0.3) is 11.3 Å². The van der Waals surface area contributed by atoms with Gasteiger partial charge in [-0.3, -0.25) is 9.27 Å². The number of aromatic nitrogens is 2. The minimum atomic E-state index is -2.34. The molecule has 0 spiro atoms. The maximum absolute atomic E-state index is 14.5. The number of rotatable bonds is 10. The summed E-state index contributed by atoms with van der Waals surface area (Å²) in [5.41, 5.74) is 0.989. The Balaban J connectivity index is 1.94. The van der Waals surface area contributed by atoms with Crippen molar-refractivity contribution >= 4 is 40.1 Å². The Morgan fingerprint density at radius 2 is 1.64 bits per heavy atom. The molecule has 0 bridgehead atoms. The molecule has 0 radical (unpaired) electrons. The standard InChI is InChI=1S/C20H22FN5O6S/c1-29-12-5-6-14(26-33(27)28)15(9-12)24-19-13(21)10-22-20(25-19)23-11-7-16(30-2)18(32-4)17(8-11)31-3/h5-10,26H,1-4H3,(H,27,28)(H2,22,23,24,25). The molecule has 1 aromatic heterocycles. The lowest BCUT2D eigenvalue weighted by Crippen LogP contribution is -2.07. The van der Waals surface area contributed by atoms with E-state index in [4.69, 9.17) is 18.9 Å². The van der Waals surface area contributed by atoms with Crippen molar-refractivity contribution in [3.63, 3.8) is 0 Å². The second-order valence-corrected chi connectivity index (χ2v) is 7.02. The number of hydrogen-bond donors (Lipinski definition) is 4. The average Bonchev–Trinajstić information content (AvgIpc) is 2.81. The van der Waals surface area contributed by atoms with Crippen LogP contribution in [0.2, 0.25) is 0 Å². The largest absolute Gasteiger partial charge is 0.497 e. The number of halogens is 1. The first kappa shape index (κ1) is 23.8. The molecule has 1 heterocycles. The lowest BCUT2D eigenvalue weighted by Gasteiger charge is -2.16. The Morgan fingerprint density at radius 3 is 2.21 bits per heavy atom. The molecule has 0 saturated carbocycles. The molecule has 11 nitrogen and oxygen atoms in total.